The molecule has 2 amide bonds. The Bertz CT molecular complexity index is 335. The fourth-order valence-electron chi connectivity index (χ4n) is 2.70. The van der Waals surface area contributed by atoms with Crippen LogP contribution in [-0.4, -0.2) is 52.4 Å². The first kappa shape index (κ1) is 13.7. The molecule has 0 bridgehead atoms. The molecule has 2 unspecified atom stereocenters. The van der Waals surface area contributed by atoms with Crippen molar-refractivity contribution in [3.63, 3.8) is 0 Å². The summed E-state index contributed by atoms with van der Waals surface area (Å²) in [7, 11) is 0. The van der Waals surface area contributed by atoms with Gasteiger partial charge in [0.15, 0.2) is 0 Å². The molecule has 0 aromatic rings. The summed E-state index contributed by atoms with van der Waals surface area (Å²) in [4.78, 5) is 28.0. The first-order valence-corrected chi connectivity index (χ1v) is 7.95. The fraction of sp³-hybridized carbons (Fsp3) is 0.846. The van der Waals surface area contributed by atoms with Gasteiger partial charge in [0.05, 0.1) is 5.88 Å². The molecule has 2 aliphatic rings. The van der Waals surface area contributed by atoms with Gasteiger partial charge in [0.1, 0.15) is 6.04 Å². The van der Waals surface area contributed by atoms with E-state index in [1.165, 1.54) is 6.42 Å². The molecule has 2 aliphatic heterocycles. The van der Waals surface area contributed by atoms with Crippen molar-refractivity contribution < 1.29 is 9.59 Å². The van der Waals surface area contributed by atoms with E-state index in [9.17, 15) is 9.59 Å². The summed E-state index contributed by atoms with van der Waals surface area (Å²) in [6.07, 6.45) is 2.79. The smallest absolute Gasteiger partial charge is 0.246 e. The number of hydrogen-bond acceptors (Lipinski definition) is 3. The fourth-order valence-corrected chi connectivity index (χ4v) is 3.87. The SMILES string of the molecule is CCC(=O)N1CSCC1C(=O)N1CCCC(C)C1. The maximum atomic E-state index is 12.5. The van der Waals surface area contributed by atoms with Crippen molar-refractivity contribution >= 4 is 23.6 Å². The molecule has 0 aromatic heterocycles. The summed E-state index contributed by atoms with van der Waals surface area (Å²) >= 11 is 1.68. The highest BCUT2D eigenvalue weighted by Gasteiger charge is 2.37. The zero-order valence-electron chi connectivity index (χ0n) is 11.2. The predicted molar refractivity (Wildman–Crippen MR) is 73.2 cm³/mol. The average Bonchev–Trinajstić information content (AvgIpc) is 2.86. The molecule has 2 rings (SSSR count). The van der Waals surface area contributed by atoms with Crippen molar-refractivity contribution in [3.8, 4) is 0 Å². The summed E-state index contributed by atoms with van der Waals surface area (Å²) in [6, 6.07) is -0.215. The summed E-state index contributed by atoms with van der Waals surface area (Å²) < 4.78 is 0. The third-order valence-corrected chi connectivity index (χ3v) is 4.77. The monoisotopic (exact) mass is 270 g/mol. The Balaban J connectivity index is 2.01. The Hall–Kier alpha value is -0.710. The van der Waals surface area contributed by atoms with E-state index in [-0.39, 0.29) is 17.9 Å². The number of likely N-dealkylation sites (tertiary alicyclic amines) is 1. The molecule has 2 atom stereocenters. The van der Waals surface area contributed by atoms with E-state index in [2.05, 4.69) is 6.92 Å². The number of carbonyl (C=O) groups is 2. The number of thioether (sulfide) groups is 1. The number of piperidine rings is 1. The Kier molecular flexibility index (Phi) is 4.54. The summed E-state index contributed by atoms with van der Waals surface area (Å²) in [5.41, 5.74) is 0. The van der Waals surface area contributed by atoms with Crippen LogP contribution in [0.5, 0.6) is 0 Å². The predicted octanol–water partition coefficient (Wildman–Crippen LogP) is 1.56. The van der Waals surface area contributed by atoms with Crippen LogP contribution >= 0.6 is 11.8 Å². The van der Waals surface area contributed by atoms with E-state index >= 15 is 0 Å². The van der Waals surface area contributed by atoms with Crippen LogP contribution in [0.2, 0.25) is 0 Å². The third kappa shape index (κ3) is 2.82. The number of rotatable bonds is 2. The zero-order chi connectivity index (χ0) is 13.1. The van der Waals surface area contributed by atoms with Crippen molar-refractivity contribution in [1.82, 2.24) is 9.80 Å². The molecule has 5 heteroatoms. The van der Waals surface area contributed by atoms with Crippen LogP contribution in [0.3, 0.4) is 0 Å². The van der Waals surface area contributed by atoms with Crippen LogP contribution in [0, 0.1) is 5.92 Å². The molecular weight excluding hydrogens is 248 g/mol. The lowest BCUT2D eigenvalue weighted by atomic mass is 9.99. The Labute approximate surface area is 113 Å². The number of amides is 2. The lowest BCUT2D eigenvalue weighted by Crippen LogP contribution is -2.51. The summed E-state index contributed by atoms with van der Waals surface area (Å²) in [6.45, 7) is 5.76. The Morgan fingerprint density at radius 1 is 1.39 bits per heavy atom. The van der Waals surface area contributed by atoms with Crippen LogP contribution in [0.1, 0.15) is 33.1 Å². The molecule has 2 fully saturated rings. The van der Waals surface area contributed by atoms with Gasteiger partial charge in [-0.05, 0) is 18.8 Å². The van der Waals surface area contributed by atoms with E-state index in [1.807, 2.05) is 11.8 Å². The first-order chi connectivity index (χ1) is 8.63. The Morgan fingerprint density at radius 3 is 2.83 bits per heavy atom. The minimum absolute atomic E-state index is 0.100. The maximum Gasteiger partial charge on any atom is 0.246 e. The molecule has 2 heterocycles. The van der Waals surface area contributed by atoms with Crippen LogP contribution in [0.4, 0.5) is 0 Å². The van der Waals surface area contributed by atoms with Gasteiger partial charge in [0, 0.05) is 25.3 Å². The molecular formula is C13H22N2O2S. The zero-order valence-corrected chi connectivity index (χ0v) is 12.0. The molecule has 2 saturated heterocycles. The second-order valence-electron chi connectivity index (χ2n) is 5.26. The molecule has 0 aromatic carbocycles. The molecule has 0 saturated carbocycles. The largest absolute Gasteiger partial charge is 0.341 e. The van der Waals surface area contributed by atoms with Crippen molar-refractivity contribution in [2.75, 3.05) is 24.7 Å². The molecule has 102 valence electrons. The highest BCUT2D eigenvalue weighted by molar-refractivity contribution is 7.99. The quantitative estimate of drug-likeness (QED) is 0.764. The molecule has 0 radical (unpaired) electrons. The van der Waals surface area contributed by atoms with Gasteiger partial charge in [-0.15, -0.1) is 11.8 Å². The molecule has 18 heavy (non-hydrogen) atoms. The van der Waals surface area contributed by atoms with Gasteiger partial charge in [-0.1, -0.05) is 13.8 Å². The summed E-state index contributed by atoms with van der Waals surface area (Å²) in [5.74, 6) is 2.28. The third-order valence-electron chi connectivity index (χ3n) is 3.76. The van der Waals surface area contributed by atoms with Gasteiger partial charge >= 0.3 is 0 Å². The topological polar surface area (TPSA) is 40.6 Å². The van der Waals surface area contributed by atoms with Crippen molar-refractivity contribution in [3.05, 3.63) is 0 Å². The lowest BCUT2D eigenvalue weighted by molar-refractivity contribution is -0.144. The van der Waals surface area contributed by atoms with Crippen molar-refractivity contribution in [2.24, 2.45) is 5.92 Å². The molecule has 0 N–H and O–H groups in total. The Morgan fingerprint density at radius 2 is 2.17 bits per heavy atom. The van der Waals surface area contributed by atoms with E-state index in [0.717, 1.165) is 25.3 Å². The standard InChI is InChI=1S/C13H22N2O2S/c1-3-12(16)15-9-18-8-11(15)13(17)14-6-4-5-10(2)7-14/h10-11H,3-9H2,1-2H3. The van der Waals surface area contributed by atoms with Crippen molar-refractivity contribution in [2.45, 2.75) is 39.2 Å². The normalized spacial score (nSPS) is 28.6. The molecule has 0 spiro atoms. The van der Waals surface area contributed by atoms with E-state index in [0.29, 0.717) is 18.2 Å². The second-order valence-corrected chi connectivity index (χ2v) is 6.26. The van der Waals surface area contributed by atoms with Crippen LogP contribution in [0.15, 0.2) is 0 Å². The van der Waals surface area contributed by atoms with E-state index < -0.39 is 0 Å². The summed E-state index contributed by atoms with van der Waals surface area (Å²) in [5, 5.41) is 0. The van der Waals surface area contributed by atoms with Gasteiger partial charge in [0.25, 0.3) is 0 Å². The van der Waals surface area contributed by atoms with Gasteiger partial charge in [-0.25, -0.2) is 0 Å². The number of carbonyl (C=O) groups excluding carboxylic acids is 2. The minimum Gasteiger partial charge on any atom is -0.341 e. The number of hydrogen-bond donors (Lipinski definition) is 0. The number of nitrogens with zero attached hydrogens (tertiary/aromatic N) is 2. The van der Waals surface area contributed by atoms with Gasteiger partial charge in [-0.2, -0.15) is 0 Å². The minimum atomic E-state index is -0.215. The molecule has 0 aliphatic carbocycles. The highest BCUT2D eigenvalue weighted by atomic mass is 32.2. The van der Waals surface area contributed by atoms with Gasteiger partial charge in [0.2, 0.25) is 11.8 Å². The molecule has 4 nitrogen and oxygen atoms in total. The first-order valence-electron chi connectivity index (χ1n) is 6.79. The van der Waals surface area contributed by atoms with Gasteiger partial charge < -0.3 is 9.80 Å². The van der Waals surface area contributed by atoms with Crippen LogP contribution in [0.25, 0.3) is 0 Å². The van der Waals surface area contributed by atoms with Crippen LogP contribution < -0.4 is 0 Å². The van der Waals surface area contributed by atoms with E-state index in [4.69, 9.17) is 0 Å². The lowest BCUT2D eigenvalue weighted by Gasteiger charge is -2.34. The average molecular weight is 270 g/mol. The van der Waals surface area contributed by atoms with Crippen molar-refractivity contribution in [1.29, 1.82) is 0 Å². The maximum absolute atomic E-state index is 12.5. The van der Waals surface area contributed by atoms with Crippen LogP contribution in [-0.2, 0) is 9.59 Å². The second kappa shape index (κ2) is 5.95. The van der Waals surface area contributed by atoms with E-state index in [1.54, 1.807) is 16.7 Å². The highest BCUT2D eigenvalue weighted by Crippen LogP contribution is 2.25. The van der Waals surface area contributed by atoms with Gasteiger partial charge in [-0.3, -0.25) is 9.59 Å².